The van der Waals surface area contributed by atoms with Crippen molar-refractivity contribution >= 4 is 11.8 Å². The molecular formula is C23H25FN2O4. The Labute approximate surface area is 174 Å². The van der Waals surface area contributed by atoms with E-state index < -0.39 is 0 Å². The molecule has 1 heterocycles. The summed E-state index contributed by atoms with van der Waals surface area (Å²) in [7, 11) is 0. The molecule has 0 aromatic heterocycles. The molecule has 6 nitrogen and oxygen atoms in total. The molecule has 0 saturated heterocycles. The van der Waals surface area contributed by atoms with Gasteiger partial charge in [0.2, 0.25) is 12.7 Å². The normalized spacial score (nSPS) is 16.7. The van der Waals surface area contributed by atoms with Crippen molar-refractivity contribution < 1.29 is 23.5 Å². The lowest BCUT2D eigenvalue weighted by Gasteiger charge is -2.38. The highest BCUT2D eigenvalue weighted by Gasteiger charge is 2.34. The van der Waals surface area contributed by atoms with Gasteiger partial charge in [-0.05, 0) is 48.7 Å². The van der Waals surface area contributed by atoms with Gasteiger partial charge in [0, 0.05) is 17.5 Å². The van der Waals surface area contributed by atoms with Gasteiger partial charge in [-0.2, -0.15) is 0 Å². The number of rotatable bonds is 6. The van der Waals surface area contributed by atoms with Gasteiger partial charge in [0.1, 0.15) is 5.82 Å². The second-order valence-electron chi connectivity index (χ2n) is 7.88. The minimum atomic E-state index is -0.352. The van der Waals surface area contributed by atoms with Crippen molar-refractivity contribution in [3.63, 3.8) is 0 Å². The lowest BCUT2D eigenvalue weighted by Crippen LogP contribution is -2.45. The zero-order valence-corrected chi connectivity index (χ0v) is 16.7. The fraction of sp³-hybridized carbons (Fsp3) is 0.391. The predicted octanol–water partition coefficient (Wildman–Crippen LogP) is 3.30. The largest absolute Gasteiger partial charge is 0.454 e. The summed E-state index contributed by atoms with van der Waals surface area (Å²) in [5.74, 6) is 0.249. The van der Waals surface area contributed by atoms with E-state index in [1.807, 2.05) is 12.1 Å². The molecule has 2 aromatic rings. The van der Waals surface area contributed by atoms with Crippen molar-refractivity contribution in [1.29, 1.82) is 0 Å². The lowest BCUT2D eigenvalue weighted by molar-refractivity contribution is -0.120. The van der Waals surface area contributed by atoms with Crippen LogP contribution >= 0.6 is 0 Å². The van der Waals surface area contributed by atoms with E-state index in [1.54, 1.807) is 18.2 Å². The van der Waals surface area contributed by atoms with E-state index in [1.165, 1.54) is 18.6 Å². The first-order valence-electron chi connectivity index (χ1n) is 10.3. The van der Waals surface area contributed by atoms with Gasteiger partial charge in [-0.1, -0.05) is 31.4 Å². The average Bonchev–Trinajstić information content (AvgIpc) is 3.25. The summed E-state index contributed by atoms with van der Waals surface area (Å²) in [6.07, 6.45) is 5.22. The van der Waals surface area contributed by atoms with E-state index in [4.69, 9.17) is 9.47 Å². The maximum absolute atomic E-state index is 13.4. The van der Waals surface area contributed by atoms with Crippen LogP contribution in [0.15, 0.2) is 42.5 Å². The molecule has 2 aromatic carbocycles. The van der Waals surface area contributed by atoms with Crippen LogP contribution in [0.25, 0.3) is 0 Å². The van der Waals surface area contributed by atoms with Gasteiger partial charge >= 0.3 is 0 Å². The van der Waals surface area contributed by atoms with E-state index in [0.29, 0.717) is 23.6 Å². The number of amides is 2. The molecule has 2 aliphatic rings. The zero-order valence-electron chi connectivity index (χ0n) is 16.7. The number of carbonyl (C=O) groups is 2. The SMILES string of the molecule is O=C(CNC(=O)c1ccc2c(c1)OCO2)NCC1(c2ccc(F)cc2)CCCCC1. The smallest absolute Gasteiger partial charge is 0.251 e. The summed E-state index contributed by atoms with van der Waals surface area (Å²) in [5, 5.41) is 5.60. The molecule has 0 spiro atoms. The molecule has 1 aliphatic heterocycles. The number of carbonyl (C=O) groups excluding carboxylic acids is 2. The molecule has 7 heteroatoms. The molecular weight excluding hydrogens is 387 g/mol. The van der Waals surface area contributed by atoms with Crippen molar-refractivity contribution in [3.8, 4) is 11.5 Å². The second-order valence-corrected chi connectivity index (χ2v) is 7.88. The van der Waals surface area contributed by atoms with Gasteiger partial charge in [-0.3, -0.25) is 9.59 Å². The molecule has 4 rings (SSSR count). The number of hydrogen-bond donors (Lipinski definition) is 2. The number of ether oxygens (including phenoxy) is 2. The van der Waals surface area contributed by atoms with Gasteiger partial charge < -0.3 is 20.1 Å². The van der Waals surface area contributed by atoms with Crippen LogP contribution in [0.4, 0.5) is 4.39 Å². The molecule has 1 fully saturated rings. The Bertz CT molecular complexity index is 923. The Morgan fingerprint density at radius 3 is 2.43 bits per heavy atom. The maximum atomic E-state index is 13.4. The highest BCUT2D eigenvalue weighted by molar-refractivity contribution is 5.97. The van der Waals surface area contributed by atoms with E-state index in [2.05, 4.69) is 10.6 Å². The minimum Gasteiger partial charge on any atom is -0.454 e. The van der Waals surface area contributed by atoms with Crippen molar-refractivity contribution in [1.82, 2.24) is 10.6 Å². The fourth-order valence-electron chi connectivity index (χ4n) is 4.23. The number of hydrogen-bond acceptors (Lipinski definition) is 4. The van der Waals surface area contributed by atoms with Crippen LogP contribution in [0, 0.1) is 5.82 Å². The van der Waals surface area contributed by atoms with E-state index in [9.17, 15) is 14.0 Å². The quantitative estimate of drug-likeness (QED) is 0.763. The maximum Gasteiger partial charge on any atom is 0.251 e. The van der Waals surface area contributed by atoms with E-state index >= 15 is 0 Å². The van der Waals surface area contributed by atoms with Crippen molar-refractivity contribution in [2.24, 2.45) is 0 Å². The summed E-state index contributed by atoms with van der Waals surface area (Å²) < 4.78 is 23.9. The summed E-state index contributed by atoms with van der Waals surface area (Å²) >= 11 is 0. The fourth-order valence-corrected chi connectivity index (χ4v) is 4.23. The number of nitrogens with one attached hydrogen (secondary N) is 2. The standard InChI is InChI=1S/C23H25FN2O4/c24-18-7-5-17(6-8-18)23(10-2-1-3-11-23)14-26-21(27)13-25-22(28)16-4-9-19-20(12-16)30-15-29-19/h4-9,12H,1-3,10-11,13-15H2,(H,25,28)(H,26,27). The summed E-state index contributed by atoms with van der Waals surface area (Å²) in [6.45, 7) is 0.489. The molecule has 30 heavy (non-hydrogen) atoms. The first-order chi connectivity index (χ1) is 14.6. The highest BCUT2D eigenvalue weighted by atomic mass is 19.1. The Kier molecular flexibility index (Phi) is 5.88. The average molecular weight is 412 g/mol. The first-order valence-corrected chi connectivity index (χ1v) is 10.3. The van der Waals surface area contributed by atoms with Gasteiger partial charge in [0.05, 0.1) is 6.54 Å². The number of halogens is 1. The first kappa shape index (κ1) is 20.2. The molecule has 158 valence electrons. The molecule has 1 aliphatic carbocycles. The van der Waals surface area contributed by atoms with Crippen LogP contribution in [0.3, 0.4) is 0 Å². The Morgan fingerprint density at radius 2 is 1.67 bits per heavy atom. The molecule has 2 N–H and O–H groups in total. The highest BCUT2D eigenvalue weighted by Crippen LogP contribution is 2.39. The van der Waals surface area contributed by atoms with Crippen LogP contribution in [-0.2, 0) is 10.2 Å². The molecule has 0 bridgehead atoms. The monoisotopic (exact) mass is 412 g/mol. The predicted molar refractivity (Wildman–Crippen MR) is 109 cm³/mol. The topological polar surface area (TPSA) is 76.7 Å². The molecule has 2 amide bonds. The molecule has 0 atom stereocenters. The van der Waals surface area contributed by atoms with Gasteiger partial charge in [-0.15, -0.1) is 0 Å². The van der Waals surface area contributed by atoms with Gasteiger partial charge in [0.25, 0.3) is 5.91 Å². The lowest BCUT2D eigenvalue weighted by atomic mass is 9.69. The van der Waals surface area contributed by atoms with E-state index in [-0.39, 0.29) is 36.4 Å². The molecule has 0 radical (unpaired) electrons. The van der Waals surface area contributed by atoms with Crippen LogP contribution in [-0.4, -0.2) is 31.7 Å². The van der Waals surface area contributed by atoms with Gasteiger partial charge in [0.15, 0.2) is 11.5 Å². The van der Waals surface area contributed by atoms with Crippen LogP contribution in [0.2, 0.25) is 0 Å². The second kappa shape index (κ2) is 8.73. The Hall–Kier alpha value is -3.09. The molecule has 0 unspecified atom stereocenters. The van der Waals surface area contributed by atoms with Crippen LogP contribution in [0.5, 0.6) is 11.5 Å². The van der Waals surface area contributed by atoms with Crippen LogP contribution < -0.4 is 20.1 Å². The minimum absolute atomic E-state index is 0.118. The third-order valence-corrected chi connectivity index (χ3v) is 5.94. The Morgan fingerprint density at radius 1 is 0.933 bits per heavy atom. The number of benzene rings is 2. The Balaban J connectivity index is 1.33. The van der Waals surface area contributed by atoms with Crippen LogP contribution in [0.1, 0.15) is 48.0 Å². The van der Waals surface area contributed by atoms with Crippen molar-refractivity contribution in [3.05, 3.63) is 59.4 Å². The third kappa shape index (κ3) is 4.40. The summed E-state index contributed by atoms with van der Waals surface area (Å²) in [6, 6.07) is 11.5. The third-order valence-electron chi connectivity index (χ3n) is 5.94. The van der Waals surface area contributed by atoms with E-state index in [0.717, 1.165) is 31.2 Å². The van der Waals surface area contributed by atoms with Crippen molar-refractivity contribution in [2.45, 2.75) is 37.5 Å². The number of fused-ring (bicyclic) bond motifs is 1. The summed E-state index contributed by atoms with van der Waals surface area (Å²) in [4.78, 5) is 24.8. The molecule has 1 saturated carbocycles. The summed E-state index contributed by atoms with van der Waals surface area (Å²) in [5.41, 5.74) is 1.26. The van der Waals surface area contributed by atoms with Gasteiger partial charge in [-0.25, -0.2) is 4.39 Å². The van der Waals surface area contributed by atoms with Crippen molar-refractivity contribution in [2.75, 3.05) is 19.9 Å². The zero-order chi connectivity index (χ0) is 21.0.